The smallest absolute Gasteiger partial charge is 0.160 e. The second-order valence-electron chi connectivity index (χ2n) is 14.2. The van der Waals surface area contributed by atoms with Gasteiger partial charge in [0.05, 0.1) is 27.3 Å². The molecule has 10 aromatic rings. The van der Waals surface area contributed by atoms with Gasteiger partial charge in [-0.1, -0.05) is 133 Å². The normalized spacial score (nSPS) is 12.5. The van der Waals surface area contributed by atoms with Gasteiger partial charge >= 0.3 is 0 Å². The molecule has 262 valence electrons. The number of hydrogen-bond acceptors (Lipinski definition) is 6. The van der Waals surface area contributed by atoms with Crippen molar-refractivity contribution in [2.45, 2.75) is 0 Å². The van der Waals surface area contributed by atoms with Gasteiger partial charge < -0.3 is 9.47 Å². The van der Waals surface area contributed by atoms with E-state index in [4.69, 9.17) is 19.4 Å². The van der Waals surface area contributed by atoms with E-state index >= 15 is 0 Å². The van der Waals surface area contributed by atoms with Crippen molar-refractivity contribution in [1.29, 1.82) is 0 Å². The van der Waals surface area contributed by atoms with Gasteiger partial charge in [-0.15, -0.1) is 11.3 Å². The average Bonchev–Trinajstić information content (AvgIpc) is 3.64. The summed E-state index contributed by atoms with van der Waals surface area (Å²) in [5, 5.41) is 3.43. The molecule has 0 aliphatic carbocycles. The molecule has 0 saturated carbocycles. The average molecular weight is 736 g/mol. The van der Waals surface area contributed by atoms with Crippen LogP contribution in [0.25, 0.3) is 76.0 Å². The second-order valence-corrected chi connectivity index (χ2v) is 15.2. The lowest BCUT2D eigenvalue weighted by atomic mass is 9.98. The summed E-state index contributed by atoms with van der Waals surface area (Å²) in [5.74, 6) is 3.84. The van der Waals surface area contributed by atoms with Crippen LogP contribution in [0.1, 0.15) is 0 Å². The van der Waals surface area contributed by atoms with Gasteiger partial charge in [-0.05, 0) is 69.9 Å². The number of anilines is 3. The number of ether oxygens (including phenoxy) is 2. The maximum atomic E-state index is 6.77. The second kappa shape index (κ2) is 12.1. The van der Waals surface area contributed by atoms with Crippen molar-refractivity contribution in [2.24, 2.45) is 0 Å². The predicted molar refractivity (Wildman–Crippen MR) is 229 cm³/mol. The van der Waals surface area contributed by atoms with Crippen molar-refractivity contribution in [3.05, 3.63) is 176 Å². The fraction of sp³-hybridized carbons (Fsp3) is 0. The Labute approximate surface area is 326 Å². The molecule has 0 radical (unpaired) electrons. The molecule has 0 saturated heterocycles. The van der Waals surface area contributed by atoms with Crippen molar-refractivity contribution in [1.82, 2.24) is 9.97 Å². The molecular formula is C50H29N3O2S. The van der Waals surface area contributed by atoms with E-state index in [9.17, 15) is 0 Å². The Morgan fingerprint density at radius 1 is 0.464 bits per heavy atom. The van der Waals surface area contributed by atoms with E-state index in [0.29, 0.717) is 5.82 Å². The summed E-state index contributed by atoms with van der Waals surface area (Å²) in [6.45, 7) is 0. The molecule has 0 fully saturated rings. The lowest BCUT2D eigenvalue weighted by Crippen LogP contribution is -2.20. The SMILES string of the molecule is c1ccc(-c2cccc(-c3nc(-c4ccc(-c5cccc6c5Oc5cccc7c5N6c5cc6ccccc6cc5O7)cc4)nc4c3sc3ccccc34)c2)cc1. The van der Waals surface area contributed by atoms with Gasteiger partial charge in [-0.25, -0.2) is 9.97 Å². The van der Waals surface area contributed by atoms with Gasteiger partial charge in [0.2, 0.25) is 0 Å². The Morgan fingerprint density at radius 3 is 2.04 bits per heavy atom. The number of para-hydroxylation sites is 2. The molecule has 2 aliphatic heterocycles. The van der Waals surface area contributed by atoms with E-state index < -0.39 is 0 Å². The van der Waals surface area contributed by atoms with E-state index in [1.165, 1.54) is 10.3 Å². The molecule has 6 heteroatoms. The highest BCUT2D eigenvalue weighted by atomic mass is 32.1. The Hall–Kier alpha value is -7.28. The third kappa shape index (κ3) is 4.79. The van der Waals surface area contributed by atoms with Gasteiger partial charge in [-0.2, -0.15) is 0 Å². The Morgan fingerprint density at radius 2 is 1.16 bits per heavy atom. The lowest BCUT2D eigenvalue weighted by molar-refractivity contribution is 0.447. The first-order valence-electron chi connectivity index (χ1n) is 18.6. The quantitative estimate of drug-likeness (QED) is 0.180. The number of thiophene rings is 1. The molecule has 12 rings (SSSR count). The summed E-state index contributed by atoms with van der Waals surface area (Å²) in [5.41, 5.74) is 11.2. The van der Waals surface area contributed by atoms with Crippen LogP contribution >= 0.6 is 11.3 Å². The molecule has 0 atom stereocenters. The first-order valence-corrected chi connectivity index (χ1v) is 19.5. The number of hydrogen-bond donors (Lipinski definition) is 0. The summed E-state index contributed by atoms with van der Waals surface area (Å²) in [6, 6.07) is 61.3. The van der Waals surface area contributed by atoms with Gasteiger partial charge in [0, 0.05) is 26.8 Å². The first kappa shape index (κ1) is 31.1. The Balaban J connectivity index is 0.976. The third-order valence-electron chi connectivity index (χ3n) is 10.8. The van der Waals surface area contributed by atoms with Crippen LogP contribution < -0.4 is 14.4 Å². The van der Waals surface area contributed by atoms with E-state index in [1.807, 2.05) is 24.3 Å². The summed E-state index contributed by atoms with van der Waals surface area (Å²) in [4.78, 5) is 12.8. The van der Waals surface area contributed by atoms with Gasteiger partial charge in [0.1, 0.15) is 5.69 Å². The van der Waals surface area contributed by atoms with E-state index in [-0.39, 0.29) is 0 Å². The van der Waals surface area contributed by atoms with Crippen molar-refractivity contribution in [3.63, 3.8) is 0 Å². The van der Waals surface area contributed by atoms with E-state index in [2.05, 4.69) is 157 Å². The maximum absolute atomic E-state index is 6.77. The Bertz CT molecular complexity index is 3210. The van der Waals surface area contributed by atoms with Gasteiger partial charge in [0.15, 0.2) is 28.8 Å². The molecule has 2 aromatic heterocycles. The van der Waals surface area contributed by atoms with Crippen LogP contribution in [0.5, 0.6) is 23.0 Å². The largest absolute Gasteiger partial charge is 0.453 e. The van der Waals surface area contributed by atoms with E-state index in [0.717, 1.165) is 99.9 Å². The van der Waals surface area contributed by atoms with Crippen LogP contribution in [0.15, 0.2) is 176 Å². The van der Waals surface area contributed by atoms with Gasteiger partial charge in [0.25, 0.3) is 0 Å². The summed E-state index contributed by atoms with van der Waals surface area (Å²) < 4.78 is 15.5. The van der Waals surface area contributed by atoms with E-state index in [1.54, 1.807) is 11.3 Å². The molecule has 8 aromatic carbocycles. The zero-order valence-corrected chi connectivity index (χ0v) is 30.6. The zero-order chi connectivity index (χ0) is 36.7. The molecule has 2 aliphatic rings. The molecule has 0 unspecified atom stereocenters. The fourth-order valence-corrected chi connectivity index (χ4v) is 9.33. The van der Waals surface area contributed by atoms with Gasteiger partial charge in [-0.3, -0.25) is 4.90 Å². The number of benzene rings is 8. The molecule has 5 nitrogen and oxygen atoms in total. The minimum absolute atomic E-state index is 0.692. The third-order valence-corrected chi connectivity index (χ3v) is 12.0. The summed E-state index contributed by atoms with van der Waals surface area (Å²) >= 11 is 1.75. The highest BCUT2D eigenvalue weighted by Crippen LogP contribution is 2.61. The number of rotatable bonds is 4. The molecule has 4 heterocycles. The van der Waals surface area contributed by atoms with Crippen LogP contribution in [0, 0.1) is 0 Å². The molecule has 0 amide bonds. The standard InChI is InChI=1S/C50H29N3O2S/c1-2-11-30(12-3-1)33-15-8-16-36(27-33)45-49-46(38-17-6-7-22-44(38)56-49)52-50(51-45)32-25-23-31(24-26-32)37-18-9-19-39-48(37)55-42-21-10-20-41-47(42)53(39)40-28-34-13-4-5-14-35(34)29-43(40)54-41/h1-29H. The van der Waals surface area contributed by atoms with Crippen LogP contribution in [-0.4, -0.2) is 9.97 Å². The monoisotopic (exact) mass is 735 g/mol. The summed E-state index contributed by atoms with van der Waals surface area (Å²) in [7, 11) is 0. The molecule has 56 heavy (non-hydrogen) atoms. The Kier molecular flexibility index (Phi) is 6.73. The fourth-order valence-electron chi connectivity index (χ4n) is 8.18. The zero-order valence-electron chi connectivity index (χ0n) is 29.8. The minimum atomic E-state index is 0.692. The molecular weight excluding hydrogens is 707 g/mol. The van der Waals surface area contributed by atoms with Crippen LogP contribution in [0.3, 0.4) is 0 Å². The predicted octanol–water partition coefficient (Wildman–Crippen LogP) is 14.3. The lowest BCUT2D eigenvalue weighted by Gasteiger charge is -2.38. The molecule has 0 bridgehead atoms. The van der Waals surface area contributed by atoms with Crippen molar-refractivity contribution < 1.29 is 9.47 Å². The van der Waals surface area contributed by atoms with Crippen LogP contribution in [0.4, 0.5) is 17.1 Å². The number of nitrogens with zero attached hydrogens (tertiary/aromatic N) is 3. The van der Waals surface area contributed by atoms with Crippen molar-refractivity contribution in [3.8, 4) is 67.9 Å². The highest BCUT2D eigenvalue weighted by Gasteiger charge is 2.36. The van der Waals surface area contributed by atoms with Crippen molar-refractivity contribution in [2.75, 3.05) is 4.90 Å². The van der Waals surface area contributed by atoms with Crippen LogP contribution in [-0.2, 0) is 0 Å². The van der Waals surface area contributed by atoms with Crippen LogP contribution in [0.2, 0.25) is 0 Å². The topological polar surface area (TPSA) is 47.5 Å². The van der Waals surface area contributed by atoms with Crippen molar-refractivity contribution >= 4 is 59.5 Å². The summed E-state index contributed by atoms with van der Waals surface area (Å²) in [6.07, 6.45) is 0. The molecule has 0 N–H and O–H groups in total. The minimum Gasteiger partial charge on any atom is -0.453 e. The molecule has 0 spiro atoms. The number of aromatic nitrogens is 2. The highest BCUT2D eigenvalue weighted by molar-refractivity contribution is 7.26. The number of fused-ring (bicyclic) bond motifs is 8. The first-order chi connectivity index (χ1) is 27.7. The maximum Gasteiger partial charge on any atom is 0.160 e.